The monoisotopic (exact) mass is 327 g/mol. The lowest BCUT2D eigenvalue weighted by atomic mass is 10.2. The van der Waals surface area contributed by atoms with E-state index in [2.05, 4.69) is 14.3 Å². The fourth-order valence-corrected chi connectivity index (χ4v) is 2.55. The number of nitrogens with two attached hydrogens (primary N) is 1. The van der Waals surface area contributed by atoms with E-state index in [1.54, 1.807) is 6.92 Å². The van der Waals surface area contributed by atoms with E-state index in [9.17, 15) is 4.79 Å². The van der Waals surface area contributed by atoms with Crippen molar-refractivity contribution >= 4 is 47.4 Å². The summed E-state index contributed by atoms with van der Waals surface area (Å²) in [6, 6.07) is -0.412. The largest absolute Gasteiger partial charge is 0.343 e. The second-order valence-electron chi connectivity index (χ2n) is 4.23. The van der Waals surface area contributed by atoms with Crippen LogP contribution in [-0.2, 0) is 4.79 Å². The van der Waals surface area contributed by atoms with Crippen LogP contribution in [0.3, 0.4) is 0 Å². The predicted octanol–water partition coefficient (Wildman–Crippen LogP) is 0.686. The van der Waals surface area contributed by atoms with Crippen LogP contribution in [0.25, 0.3) is 0 Å². The van der Waals surface area contributed by atoms with E-state index in [0.717, 1.165) is 24.0 Å². The van der Waals surface area contributed by atoms with Crippen molar-refractivity contribution in [3.63, 3.8) is 0 Å². The Kier molecular flexibility index (Phi) is 7.58. The normalized spacial score (nSPS) is 16.4. The van der Waals surface area contributed by atoms with Gasteiger partial charge in [-0.2, -0.15) is 4.37 Å². The summed E-state index contributed by atoms with van der Waals surface area (Å²) < 4.78 is 4.16. The van der Waals surface area contributed by atoms with Crippen LogP contribution >= 0.6 is 36.3 Å². The van der Waals surface area contributed by atoms with E-state index in [1.165, 1.54) is 11.5 Å². The molecule has 2 heterocycles. The zero-order valence-electron chi connectivity index (χ0n) is 10.9. The minimum absolute atomic E-state index is 0. The van der Waals surface area contributed by atoms with E-state index in [0.29, 0.717) is 13.1 Å². The van der Waals surface area contributed by atoms with Gasteiger partial charge in [-0.25, -0.2) is 4.98 Å². The maximum atomic E-state index is 11.7. The number of amides is 1. The number of hydrogen-bond acceptors (Lipinski definition) is 6. The Balaban J connectivity index is 0.00000162. The molecule has 1 aliphatic heterocycles. The summed E-state index contributed by atoms with van der Waals surface area (Å²) in [6.45, 7) is 6.62. The average molecular weight is 328 g/mol. The second kappa shape index (κ2) is 7.84. The fourth-order valence-electron chi connectivity index (χ4n) is 1.82. The molecule has 9 heteroatoms. The number of nitrogens with zero attached hydrogens (tertiary/aromatic N) is 4. The van der Waals surface area contributed by atoms with E-state index in [4.69, 9.17) is 5.73 Å². The average Bonchev–Trinajstić information content (AvgIpc) is 2.75. The molecule has 0 bridgehead atoms. The molecule has 1 aromatic rings. The minimum Gasteiger partial charge on any atom is -0.343 e. The molecule has 1 atom stereocenters. The van der Waals surface area contributed by atoms with Crippen molar-refractivity contribution < 1.29 is 4.79 Å². The van der Waals surface area contributed by atoms with Crippen molar-refractivity contribution in [3.05, 3.63) is 5.82 Å². The van der Waals surface area contributed by atoms with Gasteiger partial charge in [-0.15, -0.1) is 24.8 Å². The third-order valence-corrected chi connectivity index (χ3v) is 3.64. The lowest BCUT2D eigenvalue weighted by Crippen LogP contribution is -2.52. The second-order valence-corrected chi connectivity index (χ2v) is 4.96. The Morgan fingerprint density at radius 3 is 2.32 bits per heavy atom. The molecule has 0 aliphatic carbocycles. The van der Waals surface area contributed by atoms with Crippen molar-refractivity contribution in [1.82, 2.24) is 14.3 Å². The summed E-state index contributed by atoms with van der Waals surface area (Å²) in [7, 11) is 0. The highest BCUT2D eigenvalue weighted by molar-refractivity contribution is 7.09. The molecule has 1 saturated heterocycles. The van der Waals surface area contributed by atoms with Gasteiger partial charge in [0.1, 0.15) is 5.82 Å². The number of carbonyl (C=O) groups excluding carboxylic acids is 1. The van der Waals surface area contributed by atoms with Gasteiger partial charge in [0, 0.05) is 37.7 Å². The lowest BCUT2D eigenvalue weighted by Gasteiger charge is -2.35. The first kappa shape index (κ1) is 18.4. The van der Waals surface area contributed by atoms with Gasteiger partial charge >= 0.3 is 0 Å². The number of rotatable bonds is 2. The number of halogens is 2. The van der Waals surface area contributed by atoms with E-state index in [1.807, 2.05) is 11.8 Å². The van der Waals surface area contributed by atoms with Crippen molar-refractivity contribution in [3.8, 4) is 0 Å². The summed E-state index contributed by atoms with van der Waals surface area (Å²) in [5.41, 5.74) is 5.59. The maximum Gasteiger partial charge on any atom is 0.239 e. The number of piperazine rings is 1. The molecule has 6 nitrogen and oxygen atoms in total. The highest BCUT2D eigenvalue weighted by atomic mass is 35.5. The highest BCUT2D eigenvalue weighted by Gasteiger charge is 2.24. The molecule has 110 valence electrons. The Bertz CT molecular complexity index is 406. The molecule has 19 heavy (non-hydrogen) atoms. The quantitative estimate of drug-likeness (QED) is 0.864. The van der Waals surface area contributed by atoms with Crippen molar-refractivity contribution in [2.45, 2.75) is 19.9 Å². The number of hydrogen-bond donors (Lipinski definition) is 1. The summed E-state index contributed by atoms with van der Waals surface area (Å²) in [5.74, 6) is 0.831. The first-order valence-electron chi connectivity index (χ1n) is 5.67. The lowest BCUT2D eigenvalue weighted by molar-refractivity contribution is -0.132. The number of aromatic nitrogens is 2. The Hall–Kier alpha value is -0.630. The molecule has 0 aromatic carbocycles. The third-order valence-electron chi connectivity index (χ3n) is 2.77. The summed E-state index contributed by atoms with van der Waals surface area (Å²) in [5, 5.41) is 0.940. The van der Waals surface area contributed by atoms with Crippen LogP contribution in [0.5, 0.6) is 0 Å². The van der Waals surface area contributed by atoms with Gasteiger partial charge < -0.3 is 15.5 Å². The molecule has 0 spiro atoms. The van der Waals surface area contributed by atoms with Gasteiger partial charge in [0.05, 0.1) is 6.04 Å². The molecule has 2 rings (SSSR count). The first-order chi connectivity index (χ1) is 8.08. The summed E-state index contributed by atoms with van der Waals surface area (Å²) in [4.78, 5) is 20.0. The van der Waals surface area contributed by atoms with Gasteiger partial charge in [0.15, 0.2) is 0 Å². The molecule has 2 N–H and O–H groups in total. The van der Waals surface area contributed by atoms with Gasteiger partial charge in [0.2, 0.25) is 11.0 Å². The maximum absolute atomic E-state index is 11.7. The molecule has 1 aromatic heterocycles. The molecule has 0 radical (unpaired) electrons. The van der Waals surface area contributed by atoms with Crippen LogP contribution in [-0.4, -0.2) is 52.4 Å². The molecule has 0 saturated carbocycles. The minimum atomic E-state index is -0.412. The van der Waals surface area contributed by atoms with Crippen LogP contribution in [0.1, 0.15) is 12.7 Å². The Morgan fingerprint density at radius 1 is 1.32 bits per heavy atom. The summed E-state index contributed by atoms with van der Waals surface area (Å²) in [6.07, 6.45) is 0. The fraction of sp³-hybridized carbons (Fsp3) is 0.700. The zero-order chi connectivity index (χ0) is 12.4. The Labute approximate surface area is 129 Å². The SMILES string of the molecule is Cc1nsc(N2CCN(C(=O)[C@@H](C)N)CC2)n1.Cl.Cl. The molecule has 1 amide bonds. The third kappa shape index (κ3) is 4.45. The van der Waals surface area contributed by atoms with Gasteiger partial charge in [-0.1, -0.05) is 0 Å². The molecular formula is C10H19Cl2N5OS. The molecule has 1 fully saturated rings. The van der Waals surface area contributed by atoms with Crippen LogP contribution in [0.15, 0.2) is 0 Å². The standard InChI is InChI=1S/C10H17N5OS.2ClH/c1-7(11)9(16)14-3-5-15(6-4-14)10-12-8(2)13-17-10;;/h7H,3-6,11H2,1-2H3;2*1H/t7-;;/m1../s1. The molecule has 0 unspecified atom stereocenters. The van der Waals surface area contributed by atoms with E-state index >= 15 is 0 Å². The first-order valence-corrected chi connectivity index (χ1v) is 6.45. The number of aryl methyl sites for hydroxylation is 1. The van der Waals surface area contributed by atoms with Gasteiger partial charge in [-0.3, -0.25) is 4.79 Å². The topological polar surface area (TPSA) is 75.4 Å². The van der Waals surface area contributed by atoms with Crippen LogP contribution in [0, 0.1) is 6.92 Å². The van der Waals surface area contributed by atoms with E-state index in [-0.39, 0.29) is 30.7 Å². The van der Waals surface area contributed by atoms with Crippen LogP contribution in [0.2, 0.25) is 0 Å². The Morgan fingerprint density at radius 2 is 1.89 bits per heavy atom. The highest BCUT2D eigenvalue weighted by Crippen LogP contribution is 2.18. The van der Waals surface area contributed by atoms with Crippen LogP contribution in [0.4, 0.5) is 5.13 Å². The van der Waals surface area contributed by atoms with E-state index < -0.39 is 6.04 Å². The van der Waals surface area contributed by atoms with Crippen LogP contribution < -0.4 is 10.6 Å². The number of anilines is 1. The van der Waals surface area contributed by atoms with Gasteiger partial charge in [-0.05, 0) is 13.8 Å². The van der Waals surface area contributed by atoms with Crippen molar-refractivity contribution in [2.24, 2.45) is 5.73 Å². The zero-order valence-corrected chi connectivity index (χ0v) is 13.4. The molecule has 1 aliphatic rings. The smallest absolute Gasteiger partial charge is 0.239 e. The van der Waals surface area contributed by atoms with Crippen molar-refractivity contribution in [2.75, 3.05) is 31.1 Å². The predicted molar refractivity (Wildman–Crippen MR) is 81.6 cm³/mol. The van der Waals surface area contributed by atoms with Gasteiger partial charge in [0.25, 0.3) is 0 Å². The summed E-state index contributed by atoms with van der Waals surface area (Å²) >= 11 is 1.41. The number of carbonyl (C=O) groups is 1. The van der Waals surface area contributed by atoms with Crippen molar-refractivity contribution in [1.29, 1.82) is 0 Å². The molecular weight excluding hydrogens is 309 g/mol.